The van der Waals surface area contributed by atoms with E-state index in [2.05, 4.69) is 6.58 Å². The van der Waals surface area contributed by atoms with Crippen LogP contribution in [0.25, 0.3) is 16.9 Å². The summed E-state index contributed by atoms with van der Waals surface area (Å²) >= 11 is 5.76. The van der Waals surface area contributed by atoms with Crippen molar-refractivity contribution in [2.45, 2.75) is 23.7 Å². The number of alkyl halides is 3. The summed E-state index contributed by atoms with van der Waals surface area (Å²) in [6.07, 6.45) is -4.75. The Morgan fingerprint density at radius 1 is 1.06 bits per heavy atom. The zero-order valence-corrected chi connectivity index (χ0v) is 17.9. The molecule has 3 rings (SSSR count). The molecule has 0 saturated heterocycles. The van der Waals surface area contributed by atoms with Crippen LogP contribution < -0.4 is 0 Å². The maximum Gasteiger partial charge on any atom is 0.416 e. The lowest BCUT2D eigenvalue weighted by Crippen LogP contribution is -2.12. The van der Waals surface area contributed by atoms with Crippen LogP contribution >= 0.6 is 11.6 Å². The van der Waals surface area contributed by atoms with E-state index in [1.165, 1.54) is 0 Å². The van der Waals surface area contributed by atoms with E-state index in [1.807, 2.05) is 30.3 Å². The predicted octanol–water partition coefficient (Wildman–Crippen LogP) is 6.84. The van der Waals surface area contributed by atoms with E-state index in [0.717, 1.165) is 17.2 Å². The van der Waals surface area contributed by atoms with Gasteiger partial charge in [-0.1, -0.05) is 60.6 Å². The quantitative estimate of drug-likeness (QED) is 0.419. The molecule has 0 aliphatic rings. The van der Waals surface area contributed by atoms with Crippen LogP contribution in [0, 0.1) is 6.92 Å². The fourth-order valence-electron chi connectivity index (χ4n) is 3.32. The summed E-state index contributed by atoms with van der Waals surface area (Å²) in [4.78, 5) is -0.550. The minimum absolute atomic E-state index is 0.207. The largest absolute Gasteiger partial charge is 0.508 e. The third-order valence-corrected chi connectivity index (χ3v) is 6.73. The van der Waals surface area contributed by atoms with Crippen LogP contribution in [-0.4, -0.2) is 13.5 Å². The van der Waals surface area contributed by atoms with Gasteiger partial charge in [-0.15, -0.1) is 0 Å². The number of hydrogen-bond acceptors (Lipinski definition) is 3. The molecule has 0 spiro atoms. The SMILES string of the molecule is C=C(O)c1ccc(-c2ccccc2)c(C)c1CS(=O)(=O)c1cc(Cl)cc(C(F)(F)F)c1. The number of benzene rings is 3. The van der Waals surface area contributed by atoms with Gasteiger partial charge in [-0.2, -0.15) is 13.2 Å². The van der Waals surface area contributed by atoms with Gasteiger partial charge >= 0.3 is 6.18 Å². The lowest BCUT2D eigenvalue weighted by atomic mass is 9.93. The van der Waals surface area contributed by atoms with Crippen LogP contribution in [0.4, 0.5) is 13.2 Å². The van der Waals surface area contributed by atoms with Crippen molar-refractivity contribution in [2.75, 3.05) is 0 Å². The number of hydrogen-bond donors (Lipinski definition) is 1. The molecule has 0 fully saturated rings. The Morgan fingerprint density at radius 2 is 1.71 bits per heavy atom. The average molecular weight is 467 g/mol. The number of aliphatic hydroxyl groups is 1. The molecule has 0 aliphatic heterocycles. The van der Waals surface area contributed by atoms with Crippen molar-refractivity contribution in [2.24, 2.45) is 0 Å². The van der Waals surface area contributed by atoms with Crippen molar-refractivity contribution in [1.29, 1.82) is 0 Å². The highest BCUT2D eigenvalue weighted by atomic mass is 35.5. The number of rotatable bonds is 5. The Bertz CT molecular complexity index is 1250. The molecule has 31 heavy (non-hydrogen) atoms. The maximum absolute atomic E-state index is 13.1. The van der Waals surface area contributed by atoms with Gasteiger partial charge in [-0.05, 0) is 47.4 Å². The first-order valence-electron chi connectivity index (χ1n) is 9.07. The van der Waals surface area contributed by atoms with Crippen molar-refractivity contribution in [1.82, 2.24) is 0 Å². The number of halogens is 4. The molecule has 0 aromatic heterocycles. The third-order valence-electron chi connectivity index (χ3n) is 4.89. The van der Waals surface area contributed by atoms with Gasteiger partial charge in [0.25, 0.3) is 0 Å². The molecular weight excluding hydrogens is 449 g/mol. The molecule has 0 saturated carbocycles. The van der Waals surface area contributed by atoms with Gasteiger partial charge in [0, 0.05) is 10.6 Å². The normalized spacial score (nSPS) is 12.0. The van der Waals surface area contributed by atoms with Crippen LogP contribution in [0.2, 0.25) is 5.02 Å². The summed E-state index contributed by atoms with van der Waals surface area (Å²) in [6.45, 7) is 5.18. The molecule has 1 N–H and O–H groups in total. The molecule has 3 nitrogen and oxygen atoms in total. The Morgan fingerprint density at radius 3 is 2.29 bits per heavy atom. The van der Waals surface area contributed by atoms with Crippen LogP contribution in [0.15, 0.2) is 72.1 Å². The molecule has 0 amide bonds. The molecule has 0 atom stereocenters. The molecule has 0 aliphatic carbocycles. The van der Waals surface area contributed by atoms with Gasteiger partial charge in [0.05, 0.1) is 16.2 Å². The van der Waals surface area contributed by atoms with Crippen LogP contribution in [0.5, 0.6) is 0 Å². The average Bonchev–Trinajstić information content (AvgIpc) is 2.68. The van der Waals surface area contributed by atoms with Crippen molar-refractivity contribution in [3.63, 3.8) is 0 Å². The molecule has 3 aromatic carbocycles. The van der Waals surface area contributed by atoms with Crippen molar-refractivity contribution in [3.8, 4) is 11.1 Å². The maximum atomic E-state index is 13.1. The molecule has 8 heteroatoms. The van der Waals surface area contributed by atoms with E-state index in [4.69, 9.17) is 11.6 Å². The summed E-state index contributed by atoms with van der Waals surface area (Å²) in [7, 11) is -4.23. The molecule has 0 radical (unpaired) electrons. The number of sulfone groups is 1. The smallest absolute Gasteiger partial charge is 0.416 e. The molecular formula is C23H18ClF3O3S. The molecule has 0 bridgehead atoms. The van der Waals surface area contributed by atoms with Crippen LogP contribution in [-0.2, 0) is 21.8 Å². The topological polar surface area (TPSA) is 54.4 Å². The van der Waals surface area contributed by atoms with Crippen molar-refractivity contribution >= 4 is 27.2 Å². The summed E-state index contributed by atoms with van der Waals surface area (Å²) in [5.74, 6) is -0.971. The Labute approximate surface area is 183 Å². The first kappa shape index (κ1) is 22.9. The van der Waals surface area contributed by atoms with E-state index in [0.29, 0.717) is 17.7 Å². The molecule has 0 heterocycles. The third kappa shape index (κ3) is 4.94. The van der Waals surface area contributed by atoms with Gasteiger partial charge in [0.1, 0.15) is 5.76 Å². The fraction of sp³-hybridized carbons (Fsp3) is 0.130. The first-order valence-corrected chi connectivity index (χ1v) is 11.1. The minimum atomic E-state index is -4.75. The van der Waals surface area contributed by atoms with E-state index >= 15 is 0 Å². The van der Waals surface area contributed by atoms with Crippen LogP contribution in [0.3, 0.4) is 0 Å². The Hall–Kier alpha value is -2.77. The summed E-state index contributed by atoms with van der Waals surface area (Å²) < 4.78 is 65.6. The Balaban J connectivity index is 2.15. The molecule has 162 valence electrons. The van der Waals surface area contributed by atoms with Gasteiger partial charge in [0.2, 0.25) is 0 Å². The monoisotopic (exact) mass is 466 g/mol. The van der Waals surface area contributed by atoms with Crippen LogP contribution in [0.1, 0.15) is 22.3 Å². The summed E-state index contributed by atoms with van der Waals surface area (Å²) in [5.41, 5.74) is 1.44. The summed E-state index contributed by atoms with van der Waals surface area (Å²) in [5, 5.41) is 9.66. The zero-order chi connectivity index (χ0) is 23.0. The van der Waals surface area contributed by atoms with E-state index < -0.39 is 32.2 Å². The molecule has 0 unspecified atom stereocenters. The highest BCUT2D eigenvalue weighted by Crippen LogP contribution is 2.36. The van der Waals surface area contributed by atoms with Gasteiger partial charge in [-0.25, -0.2) is 8.42 Å². The highest BCUT2D eigenvalue weighted by Gasteiger charge is 2.33. The van der Waals surface area contributed by atoms with Crippen molar-refractivity contribution in [3.05, 3.63) is 94.5 Å². The lowest BCUT2D eigenvalue weighted by molar-refractivity contribution is -0.137. The first-order chi connectivity index (χ1) is 14.4. The van der Waals surface area contributed by atoms with E-state index in [9.17, 15) is 26.7 Å². The van der Waals surface area contributed by atoms with Crippen molar-refractivity contribution < 1.29 is 26.7 Å². The van der Waals surface area contributed by atoms with Gasteiger partial charge in [0.15, 0.2) is 9.84 Å². The highest BCUT2D eigenvalue weighted by molar-refractivity contribution is 7.90. The second-order valence-electron chi connectivity index (χ2n) is 7.01. The van der Waals surface area contributed by atoms with Gasteiger partial charge in [-0.3, -0.25) is 0 Å². The summed E-state index contributed by atoms with van der Waals surface area (Å²) in [6, 6.07) is 14.7. The minimum Gasteiger partial charge on any atom is -0.508 e. The standard InChI is InChI=1S/C23H18ClF3O3S/c1-14-20(16-6-4-3-5-7-16)8-9-21(15(2)28)22(14)13-31(29,30)19-11-17(23(25,26)27)10-18(24)12-19/h3-12,28H,2,13H2,1H3. The van der Waals surface area contributed by atoms with Gasteiger partial charge < -0.3 is 5.11 Å². The number of aliphatic hydroxyl groups excluding tert-OH is 1. The second-order valence-corrected chi connectivity index (χ2v) is 9.44. The zero-order valence-electron chi connectivity index (χ0n) is 16.4. The predicted molar refractivity (Wildman–Crippen MR) is 116 cm³/mol. The lowest BCUT2D eigenvalue weighted by Gasteiger charge is -2.17. The van der Waals surface area contributed by atoms with E-state index in [1.54, 1.807) is 19.1 Å². The second kappa shape index (κ2) is 8.40. The van der Waals surface area contributed by atoms with E-state index in [-0.39, 0.29) is 21.9 Å². The fourth-order valence-corrected chi connectivity index (χ4v) is 5.15. The molecule has 3 aromatic rings. The Kier molecular flexibility index (Phi) is 6.21.